The average Bonchev–Trinajstić information content (AvgIpc) is 3.10. The van der Waals surface area contributed by atoms with Crippen LogP contribution in [0.25, 0.3) is 0 Å². The molecule has 0 amide bonds. The normalized spacial score (nSPS) is 21.3. The van der Waals surface area contributed by atoms with Crippen molar-refractivity contribution in [3.8, 4) is 11.5 Å². The Morgan fingerprint density at radius 3 is 2.44 bits per heavy atom. The van der Waals surface area contributed by atoms with Crippen LogP contribution in [0.3, 0.4) is 0 Å². The summed E-state index contributed by atoms with van der Waals surface area (Å²) >= 11 is 0. The van der Waals surface area contributed by atoms with Crippen molar-refractivity contribution in [2.24, 2.45) is 5.92 Å². The molecule has 4 nitrogen and oxygen atoms in total. The van der Waals surface area contributed by atoms with Crippen molar-refractivity contribution in [2.45, 2.75) is 38.1 Å². The number of piperazine rings is 1. The zero-order valence-corrected chi connectivity index (χ0v) is 14.4. The molecule has 0 unspecified atom stereocenters. The third-order valence-corrected chi connectivity index (χ3v) is 5.15. The molecule has 7 heteroatoms. The van der Waals surface area contributed by atoms with Gasteiger partial charge < -0.3 is 14.8 Å². The van der Waals surface area contributed by atoms with Gasteiger partial charge in [0.2, 0.25) is 0 Å². The molecular weight excluding hydrogens is 333 g/mol. The van der Waals surface area contributed by atoms with Gasteiger partial charge in [-0.05, 0) is 24.8 Å². The summed E-state index contributed by atoms with van der Waals surface area (Å²) in [6.07, 6.45) is 0.0305. The summed E-state index contributed by atoms with van der Waals surface area (Å²) in [4.78, 5) is 2.44. The van der Waals surface area contributed by atoms with E-state index in [0.717, 1.165) is 44.6 Å². The minimum atomic E-state index is -4.70. The van der Waals surface area contributed by atoms with Gasteiger partial charge in [0, 0.05) is 43.9 Å². The lowest BCUT2D eigenvalue weighted by atomic mass is 9.89. The number of rotatable bonds is 5. The zero-order valence-electron chi connectivity index (χ0n) is 14.4. The van der Waals surface area contributed by atoms with Crippen LogP contribution < -0.4 is 14.8 Å². The van der Waals surface area contributed by atoms with Crippen molar-refractivity contribution >= 4 is 0 Å². The predicted octanol–water partition coefficient (Wildman–Crippen LogP) is 3.73. The summed E-state index contributed by atoms with van der Waals surface area (Å²) in [7, 11) is 1.50. The van der Waals surface area contributed by atoms with Gasteiger partial charge in [-0.3, -0.25) is 4.90 Å². The maximum absolute atomic E-state index is 12.5. The van der Waals surface area contributed by atoms with E-state index in [-0.39, 0.29) is 11.8 Å². The van der Waals surface area contributed by atoms with E-state index in [1.807, 2.05) is 0 Å². The number of alkyl halides is 3. The molecule has 1 atom stereocenters. The third-order valence-electron chi connectivity index (χ3n) is 5.15. The molecule has 140 valence electrons. The standard InChI is InChI=1S/C18H25F3N2O2/c1-24-16-12-14(25-18(19,20)21)6-7-15(16)17(13-4-2-3-5-13)23-10-8-22-9-11-23/h6-7,12-13,17,22H,2-5,8-11H2,1H3/t17-/m0/s1. The Bertz CT molecular complexity index is 568. The van der Waals surface area contributed by atoms with Gasteiger partial charge in [0.05, 0.1) is 7.11 Å². The second-order valence-corrected chi connectivity index (χ2v) is 6.73. The molecule has 0 aromatic heterocycles. The minimum absolute atomic E-state index is 0.180. The van der Waals surface area contributed by atoms with Crippen LogP contribution in [0.1, 0.15) is 37.3 Å². The van der Waals surface area contributed by atoms with E-state index >= 15 is 0 Å². The van der Waals surface area contributed by atoms with Gasteiger partial charge in [-0.2, -0.15) is 0 Å². The molecule has 1 aliphatic carbocycles. The molecule has 3 rings (SSSR count). The highest BCUT2D eigenvalue weighted by molar-refractivity contribution is 5.43. The van der Waals surface area contributed by atoms with Crippen LogP contribution in [0, 0.1) is 5.92 Å². The first-order valence-electron chi connectivity index (χ1n) is 8.86. The molecule has 1 aromatic rings. The Kier molecular flexibility index (Phi) is 5.74. The second kappa shape index (κ2) is 7.83. The van der Waals surface area contributed by atoms with Gasteiger partial charge in [0.1, 0.15) is 11.5 Å². The first-order valence-corrected chi connectivity index (χ1v) is 8.86. The quantitative estimate of drug-likeness (QED) is 0.870. The van der Waals surface area contributed by atoms with Crippen LogP contribution in [0.5, 0.6) is 11.5 Å². The van der Waals surface area contributed by atoms with E-state index in [2.05, 4.69) is 15.0 Å². The number of methoxy groups -OCH3 is 1. The fraction of sp³-hybridized carbons (Fsp3) is 0.667. The van der Waals surface area contributed by atoms with E-state index in [4.69, 9.17) is 4.74 Å². The van der Waals surface area contributed by atoms with E-state index in [9.17, 15) is 13.2 Å². The molecule has 0 bridgehead atoms. The van der Waals surface area contributed by atoms with Gasteiger partial charge in [-0.1, -0.05) is 18.9 Å². The Morgan fingerprint density at radius 1 is 1.16 bits per heavy atom. The molecule has 1 saturated heterocycles. The Labute approximate surface area is 146 Å². The highest BCUT2D eigenvalue weighted by Gasteiger charge is 2.35. The third kappa shape index (κ3) is 4.58. The van der Waals surface area contributed by atoms with Gasteiger partial charge >= 0.3 is 6.36 Å². The highest BCUT2D eigenvalue weighted by Crippen LogP contribution is 2.43. The fourth-order valence-electron chi connectivity index (χ4n) is 4.12. The Balaban J connectivity index is 1.90. The maximum Gasteiger partial charge on any atom is 0.573 e. The molecule has 25 heavy (non-hydrogen) atoms. The van der Waals surface area contributed by atoms with Crippen LogP contribution in [-0.2, 0) is 0 Å². The summed E-state index contributed by atoms with van der Waals surface area (Å²) < 4.78 is 47.0. The van der Waals surface area contributed by atoms with Crippen molar-refractivity contribution in [3.05, 3.63) is 23.8 Å². The van der Waals surface area contributed by atoms with E-state index in [1.165, 1.54) is 32.1 Å². The average molecular weight is 358 g/mol. The van der Waals surface area contributed by atoms with Crippen LogP contribution in [0.2, 0.25) is 0 Å². The molecule has 1 N–H and O–H groups in total. The molecule has 0 spiro atoms. The van der Waals surface area contributed by atoms with Crippen molar-refractivity contribution in [2.75, 3.05) is 33.3 Å². The van der Waals surface area contributed by atoms with Crippen LogP contribution >= 0.6 is 0 Å². The molecular formula is C18H25F3N2O2. The van der Waals surface area contributed by atoms with Crippen LogP contribution in [0.4, 0.5) is 13.2 Å². The maximum atomic E-state index is 12.5. The summed E-state index contributed by atoms with van der Waals surface area (Å²) in [5.74, 6) is 0.747. The molecule has 1 aromatic carbocycles. The van der Waals surface area contributed by atoms with Gasteiger partial charge in [0.25, 0.3) is 0 Å². The molecule has 1 saturated carbocycles. The fourth-order valence-corrected chi connectivity index (χ4v) is 4.12. The van der Waals surface area contributed by atoms with E-state index in [1.54, 1.807) is 6.07 Å². The Hall–Kier alpha value is -1.47. The van der Waals surface area contributed by atoms with E-state index < -0.39 is 6.36 Å². The molecule has 1 heterocycles. The number of benzene rings is 1. The van der Waals surface area contributed by atoms with Crippen LogP contribution in [0.15, 0.2) is 18.2 Å². The SMILES string of the molecule is COc1cc(OC(F)(F)F)ccc1[C@H](C1CCCC1)N1CCNCC1. The number of halogens is 3. The smallest absolute Gasteiger partial charge is 0.496 e. The zero-order chi connectivity index (χ0) is 17.9. The number of hydrogen-bond donors (Lipinski definition) is 1. The number of ether oxygens (including phenoxy) is 2. The highest BCUT2D eigenvalue weighted by atomic mass is 19.4. The van der Waals surface area contributed by atoms with E-state index in [0.29, 0.717) is 11.7 Å². The molecule has 2 aliphatic rings. The number of nitrogens with zero attached hydrogens (tertiary/aromatic N) is 1. The number of hydrogen-bond acceptors (Lipinski definition) is 4. The van der Waals surface area contributed by atoms with Gasteiger partial charge in [-0.15, -0.1) is 13.2 Å². The lowest BCUT2D eigenvalue weighted by Gasteiger charge is -2.39. The summed E-state index contributed by atoms with van der Waals surface area (Å²) in [5, 5.41) is 3.36. The lowest BCUT2D eigenvalue weighted by molar-refractivity contribution is -0.274. The van der Waals surface area contributed by atoms with Crippen LogP contribution in [-0.4, -0.2) is 44.6 Å². The summed E-state index contributed by atoms with van der Waals surface area (Å²) in [6, 6.07) is 4.67. The van der Waals surface area contributed by atoms with Gasteiger partial charge in [0.15, 0.2) is 0 Å². The molecule has 0 radical (unpaired) electrons. The van der Waals surface area contributed by atoms with Crippen molar-refractivity contribution < 1.29 is 22.6 Å². The predicted molar refractivity (Wildman–Crippen MR) is 88.8 cm³/mol. The van der Waals surface area contributed by atoms with Crippen molar-refractivity contribution in [1.29, 1.82) is 0 Å². The monoisotopic (exact) mass is 358 g/mol. The number of nitrogens with one attached hydrogen (secondary N) is 1. The summed E-state index contributed by atoms with van der Waals surface area (Å²) in [5.41, 5.74) is 0.964. The Morgan fingerprint density at radius 2 is 1.84 bits per heavy atom. The van der Waals surface area contributed by atoms with Crippen molar-refractivity contribution in [3.63, 3.8) is 0 Å². The molecule has 1 aliphatic heterocycles. The second-order valence-electron chi connectivity index (χ2n) is 6.73. The van der Waals surface area contributed by atoms with Gasteiger partial charge in [-0.25, -0.2) is 0 Å². The first kappa shape index (κ1) is 18.3. The lowest BCUT2D eigenvalue weighted by Crippen LogP contribution is -2.46. The largest absolute Gasteiger partial charge is 0.573 e. The summed E-state index contributed by atoms with van der Waals surface area (Å²) in [6.45, 7) is 3.73. The molecule has 2 fully saturated rings. The topological polar surface area (TPSA) is 33.7 Å². The van der Waals surface area contributed by atoms with Crippen molar-refractivity contribution in [1.82, 2.24) is 10.2 Å². The minimum Gasteiger partial charge on any atom is -0.496 e. The first-order chi connectivity index (χ1) is 12.0.